The maximum Gasteiger partial charge on any atom is 0.453 e. The third kappa shape index (κ3) is 2.57. The highest BCUT2D eigenvalue weighted by Crippen LogP contribution is 2.26. The minimum atomic E-state index is -4.72. The first-order chi connectivity index (χ1) is 11.2. The molecule has 0 saturated heterocycles. The Balaban J connectivity index is 2.18. The van der Waals surface area contributed by atoms with Crippen molar-refractivity contribution in [2.75, 3.05) is 5.43 Å². The molecule has 8 nitrogen and oxygen atoms in total. The van der Waals surface area contributed by atoms with Gasteiger partial charge < -0.3 is 0 Å². The van der Waals surface area contributed by atoms with E-state index in [1.807, 2.05) is 0 Å². The van der Waals surface area contributed by atoms with Crippen molar-refractivity contribution < 1.29 is 18.0 Å². The van der Waals surface area contributed by atoms with Crippen molar-refractivity contribution >= 4 is 22.6 Å². The summed E-state index contributed by atoms with van der Waals surface area (Å²) < 4.78 is 39.9. The summed E-state index contributed by atoms with van der Waals surface area (Å²) in [6.07, 6.45) is -2.39. The average Bonchev–Trinajstić information content (AvgIpc) is 2.94. The molecule has 0 aliphatic heterocycles. The molecule has 0 radical (unpaired) electrons. The Morgan fingerprint density at radius 2 is 2.04 bits per heavy atom. The average molecular weight is 340 g/mol. The van der Waals surface area contributed by atoms with Crippen LogP contribution in [0.25, 0.3) is 16.7 Å². The van der Waals surface area contributed by atoms with E-state index in [4.69, 9.17) is 0 Å². The fourth-order valence-corrected chi connectivity index (χ4v) is 1.98. The minimum absolute atomic E-state index is 0.00678. The van der Waals surface area contributed by atoms with Crippen LogP contribution in [0.4, 0.5) is 13.2 Å². The number of nitrogens with zero attached hydrogens (tertiary/aromatic N) is 5. The molecule has 24 heavy (non-hydrogen) atoms. The first-order valence-electron chi connectivity index (χ1n) is 6.83. The first kappa shape index (κ1) is 15.9. The molecular formula is C13H11F3N6O2. The molecule has 0 spiro atoms. The lowest BCUT2D eigenvalue weighted by Crippen LogP contribution is -2.35. The van der Waals surface area contributed by atoms with Gasteiger partial charge in [0.25, 0.3) is 17.2 Å². The Labute approximate surface area is 131 Å². The van der Waals surface area contributed by atoms with E-state index in [1.165, 1.54) is 12.3 Å². The van der Waals surface area contributed by atoms with Gasteiger partial charge in [0.2, 0.25) is 5.91 Å². The standard InChI is InChI=1S/C13H11F3N6O2/c1-6(2)9(23)19-21-4-3-8-7(10(21)24)5-17-12-18-11(13(14,15)16)20-22(8)12/h3-6H,1-2H3,(H,19,23). The van der Waals surface area contributed by atoms with E-state index < -0.39 is 17.6 Å². The molecule has 126 valence electrons. The molecule has 3 rings (SSSR count). The maximum atomic E-state index is 12.7. The van der Waals surface area contributed by atoms with Crippen molar-refractivity contribution in [3.8, 4) is 0 Å². The van der Waals surface area contributed by atoms with Crippen LogP contribution in [-0.4, -0.2) is 30.2 Å². The van der Waals surface area contributed by atoms with Crippen LogP contribution in [0.2, 0.25) is 0 Å². The van der Waals surface area contributed by atoms with Crippen LogP contribution in [0.1, 0.15) is 19.7 Å². The highest BCUT2D eigenvalue weighted by atomic mass is 19.4. The van der Waals surface area contributed by atoms with Gasteiger partial charge in [-0.3, -0.25) is 15.0 Å². The third-order valence-electron chi connectivity index (χ3n) is 3.24. The predicted octanol–water partition coefficient (Wildman–Crippen LogP) is 1.18. The lowest BCUT2D eigenvalue weighted by atomic mass is 10.2. The molecule has 1 amide bonds. The number of halogens is 3. The van der Waals surface area contributed by atoms with Gasteiger partial charge in [-0.2, -0.15) is 22.7 Å². The predicted molar refractivity (Wildman–Crippen MR) is 76.8 cm³/mol. The Morgan fingerprint density at radius 1 is 1.33 bits per heavy atom. The zero-order valence-electron chi connectivity index (χ0n) is 12.5. The van der Waals surface area contributed by atoms with Crippen molar-refractivity contribution in [1.29, 1.82) is 0 Å². The summed E-state index contributed by atoms with van der Waals surface area (Å²) in [7, 11) is 0. The van der Waals surface area contributed by atoms with E-state index in [9.17, 15) is 22.8 Å². The summed E-state index contributed by atoms with van der Waals surface area (Å²) >= 11 is 0. The molecule has 1 N–H and O–H groups in total. The lowest BCUT2D eigenvalue weighted by molar-refractivity contribution is -0.144. The van der Waals surface area contributed by atoms with Crippen LogP contribution in [0, 0.1) is 5.92 Å². The summed E-state index contributed by atoms with van der Waals surface area (Å²) in [6.45, 7) is 3.31. The third-order valence-corrected chi connectivity index (χ3v) is 3.24. The largest absolute Gasteiger partial charge is 0.453 e. The molecule has 0 aliphatic carbocycles. The Bertz CT molecular complexity index is 1000. The summed E-state index contributed by atoms with van der Waals surface area (Å²) in [5.41, 5.74) is 1.85. The molecule has 0 unspecified atom stereocenters. The van der Waals surface area contributed by atoms with Gasteiger partial charge in [0, 0.05) is 18.3 Å². The Kier molecular flexibility index (Phi) is 3.50. The minimum Gasteiger partial charge on any atom is -0.273 e. The molecule has 3 aromatic heterocycles. The molecule has 0 atom stereocenters. The van der Waals surface area contributed by atoms with Gasteiger partial charge >= 0.3 is 6.18 Å². The number of fused-ring (bicyclic) bond motifs is 3. The number of alkyl halides is 3. The van der Waals surface area contributed by atoms with Crippen molar-refractivity contribution in [2.24, 2.45) is 5.92 Å². The molecule has 0 aliphatic rings. The first-order valence-corrected chi connectivity index (χ1v) is 6.83. The van der Waals surface area contributed by atoms with Gasteiger partial charge in [0.1, 0.15) is 0 Å². The quantitative estimate of drug-likeness (QED) is 0.756. The smallest absolute Gasteiger partial charge is 0.273 e. The zero-order chi connectivity index (χ0) is 17.6. The summed E-state index contributed by atoms with van der Waals surface area (Å²) in [6, 6.07) is 1.35. The number of amides is 1. The molecule has 0 saturated carbocycles. The topological polar surface area (TPSA) is 94.2 Å². The van der Waals surface area contributed by atoms with Gasteiger partial charge in [0.05, 0.1) is 10.9 Å². The van der Waals surface area contributed by atoms with E-state index in [2.05, 4.69) is 20.5 Å². The second kappa shape index (κ2) is 5.28. The number of hydrogen-bond acceptors (Lipinski definition) is 5. The number of nitrogens with one attached hydrogen (secondary N) is 1. The zero-order valence-corrected chi connectivity index (χ0v) is 12.5. The SMILES string of the molecule is CC(C)C(=O)Nn1ccc2c(cnc3nc(C(F)(F)F)nn32)c1=O. The van der Waals surface area contributed by atoms with Crippen molar-refractivity contribution in [2.45, 2.75) is 20.0 Å². The van der Waals surface area contributed by atoms with E-state index in [0.717, 1.165) is 15.4 Å². The van der Waals surface area contributed by atoms with Gasteiger partial charge in [0.15, 0.2) is 0 Å². The lowest BCUT2D eigenvalue weighted by Gasteiger charge is -2.10. The van der Waals surface area contributed by atoms with E-state index in [1.54, 1.807) is 13.8 Å². The van der Waals surface area contributed by atoms with Gasteiger partial charge in [-0.15, -0.1) is 5.10 Å². The van der Waals surface area contributed by atoms with Crippen LogP contribution in [0.5, 0.6) is 0 Å². The van der Waals surface area contributed by atoms with Crippen molar-refractivity contribution in [1.82, 2.24) is 24.3 Å². The van der Waals surface area contributed by atoms with Gasteiger partial charge in [-0.25, -0.2) is 9.66 Å². The number of aromatic nitrogens is 5. The monoisotopic (exact) mass is 340 g/mol. The van der Waals surface area contributed by atoms with Crippen LogP contribution in [-0.2, 0) is 11.0 Å². The summed E-state index contributed by atoms with van der Waals surface area (Å²) in [5.74, 6) is -2.36. The van der Waals surface area contributed by atoms with E-state index in [0.29, 0.717) is 0 Å². The number of rotatable bonds is 2. The molecule has 0 fully saturated rings. The number of carbonyl (C=O) groups excluding carboxylic acids is 1. The van der Waals surface area contributed by atoms with E-state index in [-0.39, 0.29) is 28.5 Å². The molecule has 3 heterocycles. The Morgan fingerprint density at radius 3 is 2.67 bits per heavy atom. The number of hydrogen-bond donors (Lipinski definition) is 1. The highest BCUT2D eigenvalue weighted by Gasteiger charge is 2.36. The molecule has 11 heteroatoms. The molecular weight excluding hydrogens is 329 g/mol. The van der Waals surface area contributed by atoms with Crippen molar-refractivity contribution in [3.05, 3.63) is 34.6 Å². The maximum absolute atomic E-state index is 12.7. The highest BCUT2D eigenvalue weighted by molar-refractivity contribution is 5.86. The molecule has 0 bridgehead atoms. The van der Waals surface area contributed by atoms with E-state index >= 15 is 0 Å². The van der Waals surface area contributed by atoms with Crippen LogP contribution < -0.4 is 11.0 Å². The van der Waals surface area contributed by atoms with Crippen LogP contribution in [0.15, 0.2) is 23.3 Å². The van der Waals surface area contributed by atoms with Crippen LogP contribution in [0.3, 0.4) is 0 Å². The van der Waals surface area contributed by atoms with Gasteiger partial charge in [-0.1, -0.05) is 13.8 Å². The van der Waals surface area contributed by atoms with Gasteiger partial charge in [-0.05, 0) is 6.07 Å². The summed E-state index contributed by atoms with van der Waals surface area (Å²) in [5, 5.41) is 3.35. The molecule has 0 aromatic carbocycles. The second-order valence-corrected chi connectivity index (χ2v) is 5.32. The van der Waals surface area contributed by atoms with Crippen LogP contribution >= 0.6 is 0 Å². The normalized spacial score (nSPS) is 12.2. The summed E-state index contributed by atoms with van der Waals surface area (Å²) in [4.78, 5) is 31.1. The van der Waals surface area contributed by atoms with Crippen molar-refractivity contribution in [3.63, 3.8) is 0 Å². The number of carbonyl (C=O) groups is 1. The fourth-order valence-electron chi connectivity index (χ4n) is 1.98. The second-order valence-electron chi connectivity index (χ2n) is 5.32. The fraction of sp³-hybridized carbons (Fsp3) is 0.308. The Hall–Kier alpha value is -2.98. The number of pyridine rings is 1. The molecule has 3 aromatic rings.